The standard InChI is InChI=1S/C19H23N3O2/c23-18(14-5-1-2-6-14)21-9-11-22(12-10-21)19(24)17-13-15-7-3-4-8-16(15)20-17/h3-4,7-8,13-14,20H,1-2,5-6,9-12H2. The Morgan fingerprint density at radius 2 is 1.62 bits per heavy atom. The van der Waals surface area contributed by atoms with Crippen LogP contribution in [0.3, 0.4) is 0 Å². The Morgan fingerprint density at radius 1 is 0.958 bits per heavy atom. The Hall–Kier alpha value is -2.30. The number of rotatable bonds is 2. The van der Waals surface area contributed by atoms with E-state index in [4.69, 9.17) is 0 Å². The number of nitrogens with one attached hydrogen (secondary N) is 1. The molecule has 1 aliphatic heterocycles. The van der Waals surface area contributed by atoms with Crippen LogP contribution in [0, 0.1) is 5.92 Å². The Morgan fingerprint density at radius 3 is 2.33 bits per heavy atom. The predicted octanol–water partition coefficient (Wildman–Crippen LogP) is 2.64. The minimum absolute atomic E-state index is 0.0270. The van der Waals surface area contributed by atoms with E-state index in [1.54, 1.807) is 0 Å². The smallest absolute Gasteiger partial charge is 0.270 e. The summed E-state index contributed by atoms with van der Waals surface area (Å²) in [6.07, 6.45) is 4.42. The van der Waals surface area contributed by atoms with Gasteiger partial charge in [-0.3, -0.25) is 9.59 Å². The second-order valence-electron chi connectivity index (χ2n) is 6.87. The molecule has 1 aliphatic carbocycles. The molecule has 2 aliphatic rings. The lowest BCUT2D eigenvalue weighted by molar-refractivity contribution is -0.136. The fourth-order valence-corrected chi connectivity index (χ4v) is 3.92. The summed E-state index contributed by atoms with van der Waals surface area (Å²) in [7, 11) is 0. The van der Waals surface area contributed by atoms with Gasteiger partial charge in [-0.25, -0.2) is 0 Å². The number of hydrogen-bond donors (Lipinski definition) is 1. The Kier molecular flexibility index (Phi) is 4.00. The quantitative estimate of drug-likeness (QED) is 0.923. The van der Waals surface area contributed by atoms with Gasteiger partial charge in [0.1, 0.15) is 5.69 Å². The van der Waals surface area contributed by atoms with E-state index in [2.05, 4.69) is 4.98 Å². The molecule has 24 heavy (non-hydrogen) atoms. The maximum atomic E-state index is 12.7. The fourth-order valence-electron chi connectivity index (χ4n) is 3.92. The van der Waals surface area contributed by atoms with Crippen LogP contribution < -0.4 is 0 Å². The number of H-pyrrole nitrogens is 1. The minimum atomic E-state index is 0.0270. The molecule has 0 atom stereocenters. The molecule has 5 heteroatoms. The topological polar surface area (TPSA) is 56.4 Å². The average Bonchev–Trinajstić information content (AvgIpc) is 3.30. The Labute approximate surface area is 141 Å². The van der Waals surface area contributed by atoms with Crippen LogP contribution in [-0.2, 0) is 4.79 Å². The summed E-state index contributed by atoms with van der Waals surface area (Å²) >= 11 is 0. The second-order valence-corrected chi connectivity index (χ2v) is 6.87. The third kappa shape index (κ3) is 2.79. The molecule has 0 spiro atoms. The second kappa shape index (κ2) is 6.30. The summed E-state index contributed by atoms with van der Waals surface area (Å²) in [5.41, 5.74) is 1.61. The van der Waals surface area contributed by atoms with E-state index in [0.29, 0.717) is 37.8 Å². The summed E-state index contributed by atoms with van der Waals surface area (Å²) in [6, 6.07) is 9.82. The number of aromatic amines is 1. The molecule has 2 heterocycles. The average molecular weight is 325 g/mol. The summed E-state index contributed by atoms with van der Waals surface area (Å²) in [5.74, 6) is 0.547. The molecule has 0 radical (unpaired) electrons. The number of fused-ring (bicyclic) bond motifs is 1. The van der Waals surface area contributed by atoms with Crippen molar-refractivity contribution < 1.29 is 9.59 Å². The van der Waals surface area contributed by atoms with Gasteiger partial charge in [0.05, 0.1) is 0 Å². The van der Waals surface area contributed by atoms with Crippen LogP contribution >= 0.6 is 0 Å². The Bertz CT molecular complexity index is 720. The first-order chi connectivity index (χ1) is 11.7. The highest BCUT2D eigenvalue weighted by Crippen LogP contribution is 2.27. The molecule has 2 fully saturated rings. The van der Waals surface area contributed by atoms with Crippen molar-refractivity contribution in [3.8, 4) is 0 Å². The van der Waals surface area contributed by atoms with Gasteiger partial charge in [0.15, 0.2) is 0 Å². The van der Waals surface area contributed by atoms with Gasteiger partial charge in [0, 0.05) is 43.0 Å². The van der Waals surface area contributed by atoms with Gasteiger partial charge in [-0.15, -0.1) is 0 Å². The summed E-state index contributed by atoms with van der Waals surface area (Å²) < 4.78 is 0. The number of para-hydroxylation sites is 1. The molecule has 5 nitrogen and oxygen atoms in total. The summed E-state index contributed by atoms with van der Waals surface area (Å²) in [4.78, 5) is 32.2. The van der Waals surface area contributed by atoms with E-state index >= 15 is 0 Å². The van der Waals surface area contributed by atoms with Crippen molar-refractivity contribution in [2.75, 3.05) is 26.2 Å². The van der Waals surface area contributed by atoms with Crippen LogP contribution in [0.25, 0.3) is 10.9 Å². The van der Waals surface area contributed by atoms with Crippen LogP contribution in [0.2, 0.25) is 0 Å². The number of nitrogens with zero attached hydrogens (tertiary/aromatic N) is 2. The molecule has 1 aromatic heterocycles. The van der Waals surface area contributed by atoms with Crippen LogP contribution in [0.15, 0.2) is 30.3 Å². The van der Waals surface area contributed by atoms with Crippen LogP contribution in [0.1, 0.15) is 36.2 Å². The van der Waals surface area contributed by atoms with Crippen LogP contribution in [-0.4, -0.2) is 52.8 Å². The zero-order chi connectivity index (χ0) is 16.5. The largest absolute Gasteiger partial charge is 0.351 e. The predicted molar refractivity (Wildman–Crippen MR) is 92.7 cm³/mol. The van der Waals surface area contributed by atoms with E-state index in [1.807, 2.05) is 40.1 Å². The van der Waals surface area contributed by atoms with E-state index in [1.165, 1.54) is 12.8 Å². The molecule has 0 bridgehead atoms. The van der Waals surface area contributed by atoms with Crippen molar-refractivity contribution >= 4 is 22.7 Å². The van der Waals surface area contributed by atoms with Gasteiger partial charge in [0.25, 0.3) is 5.91 Å². The number of piperazine rings is 1. The molecule has 1 N–H and O–H groups in total. The minimum Gasteiger partial charge on any atom is -0.351 e. The molecular formula is C19H23N3O2. The van der Waals surface area contributed by atoms with Gasteiger partial charge >= 0.3 is 0 Å². The molecule has 2 aromatic rings. The highest BCUT2D eigenvalue weighted by Gasteiger charge is 2.30. The first-order valence-corrected chi connectivity index (χ1v) is 8.88. The first-order valence-electron chi connectivity index (χ1n) is 8.88. The number of aromatic nitrogens is 1. The van der Waals surface area contributed by atoms with Gasteiger partial charge in [0.2, 0.25) is 5.91 Å². The summed E-state index contributed by atoms with van der Waals surface area (Å²) in [6.45, 7) is 2.54. The van der Waals surface area contributed by atoms with Crippen molar-refractivity contribution in [1.29, 1.82) is 0 Å². The van der Waals surface area contributed by atoms with Crippen molar-refractivity contribution in [3.63, 3.8) is 0 Å². The normalized spacial score (nSPS) is 19.2. The number of carbonyl (C=O) groups is 2. The lowest BCUT2D eigenvalue weighted by atomic mass is 10.1. The maximum absolute atomic E-state index is 12.7. The van der Waals surface area contributed by atoms with Gasteiger partial charge in [-0.2, -0.15) is 0 Å². The van der Waals surface area contributed by atoms with E-state index in [0.717, 1.165) is 23.7 Å². The zero-order valence-electron chi connectivity index (χ0n) is 13.8. The van der Waals surface area contributed by atoms with Crippen molar-refractivity contribution in [2.24, 2.45) is 5.92 Å². The molecule has 126 valence electrons. The molecule has 4 rings (SSSR count). The lowest BCUT2D eigenvalue weighted by Crippen LogP contribution is -2.51. The van der Waals surface area contributed by atoms with Gasteiger partial charge in [-0.1, -0.05) is 31.0 Å². The summed E-state index contributed by atoms with van der Waals surface area (Å²) in [5, 5.41) is 1.05. The number of hydrogen-bond acceptors (Lipinski definition) is 2. The van der Waals surface area contributed by atoms with E-state index in [-0.39, 0.29) is 11.8 Å². The third-order valence-electron chi connectivity index (χ3n) is 5.34. The van der Waals surface area contributed by atoms with Crippen LogP contribution in [0.4, 0.5) is 0 Å². The lowest BCUT2D eigenvalue weighted by Gasteiger charge is -2.35. The molecule has 0 unspecified atom stereocenters. The highest BCUT2D eigenvalue weighted by atomic mass is 16.2. The monoisotopic (exact) mass is 325 g/mol. The molecular weight excluding hydrogens is 302 g/mol. The van der Waals surface area contributed by atoms with Crippen molar-refractivity contribution in [1.82, 2.24) is 14.8 Å². The first kappa shape index (κ1) is 15.2. The maximum Gasteiger partial charge on any atom is 0.270 e. The van der Waals surface area contributed by atoms with Gasteiger partial charge in [-0.05, 0) is 25.0 Å². The highest BCUT2D eigenvalue weighted by molar-refractivity contribution is 5.98. The molecule has 1 aromatic carbocycles. The zero-order valence-corrected chi connectivity index (χ0v) is 13.8. The van der Waals surface area contributed by atoms with E-state index < -0.39 is 0 Å². The fraction of sp³-hybridized carbons (Fsp3) is 0.474. The number of carbonyl (C=O) groups excluding carboxylic acids is 2. The van der Waals surface area contributed by atoms with Crippen LogP contribution in [0.5, 0.6) is 0 Å². The third-order valence-corrected chi connectivity index (χ3v) is 5.34. The molecule has 2 amide bonds. The number of amides is 2. The van der Waals surface area contributed by atoms with Crippen molar-refractivity contribution in [3.05, 3.63) is 36.0 Å². The SMILES string of the molecule is O=C(c1cc2ccccc2[nH]1)N1CCN(C(=O)C2CCCC2)CC1. The van der Waals surface area contributed by atoms with Crippen molar-refractivity contribution in [2.45, 2.75) is 25.7 Å². The molecule has 1 saturated heterocycles. The Balaban J connectivity index is 1.39. The number of benzene rings is 1. The van der Waals surface area contributed by atoms with E-state index in [9.17, 15) is 9.59 Å². The van der Waals surface area contributed by atoms with Gasteiger partial charge < -0.3 is 14.8 Å². The molecule has 1 saturated carbocycles.